The number of rotatable bonds is 4. The summed E-state index contributed by atoms with van der Waals surface area (Å²) < 4.78 is 44.1. The highest BCUT2D eigenvalue weighted by molar-refractivity contribution is 5.79. The lowest BCUT2D eigenvalue weighted by Gasteiger charge is -2.39. The third-order valence-electron chi connectivity index (χ3n) is 5.15. The monoisotopic (exact) mass is 334 g/mol. The van der Waals surface area contributed by atoms with Gasteiger partial charge >= 0.3 is 6.18 Å². The predicted octanol–water partition coefficient (Wildman–Crippen LogP) is 2.43. The van der Waals surface area contributed by atoms with Gasteiger partial charge in [0.25, 0.3) is 0 Å². The molecule has 2 heterocycles. The number of piperidine rings is 1. The maximum atomic E-state index is 12.9. The van der Waals surface area contributed by atoms with Crippen molar-refractivity contribution in [3.63, 3.8) is 0 Å². The zero-order valence-corrected chi connectivity index (χ0v) is 13.4. The molecule has 1 amide bonds. The lowest BCUT2D eigenvalue weighted by molar-refractivity contribution is -0.173. The van der Waals surface area contributed by atoms with Crippen molar-refractivity contribution in [2.45, 2.75) is 56.8 Å². The first-order valence-corrected chi connectivity index (χ1v) is 8.63. The van der Waals surface area contributed by atoms with Gasteiger partial charge in [0.05, 0.1) is 12.6 Å². The molecule has 1 saturated carbocycles. The summed E-state index contributed by atoms with van der Waals surface area (Å²) in [5.74, 6) is -0.595. The molecule has 1 aliphatic carbocycles. The fourth-order valence-corrected chi connectivity index (χ4v) is 3.74. The minimum Gasteiger partial charge on any atom is -0.379 e. The van der Waals surface area contributed by atoms with Crippen molar-refractivity contribution in [1.29, 1.82) is 0 Å². The van der Waals surface area contributed by atoms with Gasteiger partial charge in [-0.05, 0) is 51.6 Å². The summed E-state index contributed by atoms with van der Waals surface area (Å²) in [4.78, 5) is 16.1. The molecule has 23 heavy (non-hydrogen) atoms. The van der Waals surface area contributed by atoms with Crippen molar-refractivity contribution in [2.75, 3.05) is 32.8 Å². The van der Waals surface area contributed by atoms with Crippen LogP contribution in [0.5, 0.6) is 0 Å². The molecule has 3 rings (SSSR count). The summed E-state index contributed by atoms with van der Waals surface area (Å²) in [6.07, 6.45) is 0.752. The third kappa shape index (κ3) is 4.59. The molecule has 1 unspecified atom stereocenters. The van der Waals surface area contributed by atoms with Crippen LogP contribution in [0.25, 0.3) is 0 Å². The van der Waals surface area contributed by atoms with Crippen LogP contribution in [0.15, 0.2) is 0 Å². The van der Waals surface area contributed by atoms with Crippen LogP contribution < -0.4 is 0 Å². The summed E-state index contributed by atoms with van der Waals surface area (Å²) in [5, 5.41) is 0. The molecular weight excluding hydrogens is 309 g/mol. The Labute approximate surface area is 134 Å². The number of halogens is 3. The highest BCUT2D eigenvalue weighted by Gasteiger charge is 2.41. The van der Waals surface area contributed by atoms with E-state index in [1.54, 1.807) is 0 Å². The quantitative estimate of drug-likeness (QED) is 0.792. The molecule has 0 N–H and O–H groups in total. The molecule has 132 valence electrons. The van der Waals surface area contributed by atoms with E-state index in [-0.39, 0.29) is 18.4 Å². The molecule has 0 aromatic heterocycles. The van der Waals surface area contributed by atoms with E-state index in [2.05, 4.69) is 4.90 Å². The second kappa shape index (κ2) is 6.97. The van der Waals surface area contributed by atoms with E-state index in [0.29, 0.717) is 38.3 Å². The van der Waals surface area contributed by atoms with Gasteiger partial charge in [0.15, 0.2) is 0 Å². The smallest absolute Gasteiger partial charge is 0.379 e. The number of carbonyl (C=O) groups is 1. The SMILES string of the molecule is O=C(C1CCN(C2CC2)CC1)N(CC(F)(F)F)C1CCCOC1. The minimum atomic E-state index is -4.36. The molecular formula is C16H25F3N2O2. The van der Waals surface area contributed by atoms with Crippen LogP contribution in [0.2, 0.25) is 0 Å². The maximum Gasteiger partial charge on any atom is 0.406 e. The first-order chi connectivity index (χ1) is 10.9. The van der Waals surface area contributed by atoms with Gasteiger partial charge in [-0.3, -0.25) is 4.79 Å². The highest BCUT2D eigenvalue weighted by atomic mass is 19.4. The van der Waals surface area contributed by atoms with E-state index >= 15 is 0 Å². The summed E-state index contributed by atoms with van der Waals surface area (Å²) in [7, 11) is 0. The number of ether oxygens (including phenoxy) is 1. The Balaban J connectivity index is 1.61. The van der Waals surface area contributed by atoms with Gasteiger partial charge in [-0.2, -0.15) is 13.2 Å². The Morgan fingerprint density at radius 3 is 2.35 bits per heavy atom. The lowest BCUT2D eigenvalue weighted by Crippen LogP contribution is -2.52. The molecule has 0 aromatic rings. The average Bonchev–Trinajstić information content (AvgIpc) is 3.37. The van der Waals surface area contributed by atoms with Crippen LogP contribution in [0.4, 0.5) is 13.2 Å². The Morgan fingerprint density at radius 1 is 1.13 bits per heavy atom. The molecule has 1 atom stereocenters. The van der Waals surface area contributed by atoms with E-state index in [1.807, 2.05) is 0 Å². The van der Waals surface area contributed by atoms with Crippen molar-refractivity contribution in [2.24, 2.45) is 5.92 Å². The van der Waals surface area contributed by atoms with Crippen LogP contribution >= 0.6 is 0 Å². The van der Waals surface area contributed by atoms with Crippen molar-refractivity contribution >= 4 is 5.91 Å². The molecule has 7 heteroatoms. The van der Waals surface area contributed by atoms with Crippen LogP contribution in [0, 0.1) is 5.92 Å². The summed E-state index contributed by atoms with van der Waals surface area (Å²) in [6, 6.07) is 0.225. The van der Waals surface area contributed by atoms with Crippen molar-refractivity contribution in [3.05, 3.63) is 0 Å². The number of hydrogen-bond donors (Lipinski definition) is 0. The van der Waals surface area contributed by atoms with Gasteiger partial charge in [0, 0.05) is 18.6 Å². The Hall–Kier alpha value is -0.820. The van der Waals surface area contributed by atoms with E-state index in [1.165, 1.54) is 12.8 Å². The zero-order valence-electron chi connectivity index (χ0n) is 13.4. The number of carbonyl (C=O) groups excluding carboxylic acids is 1. The van der Waals surface area contributed by atoms with Gasteiger partial charge in [-0.25, -0.2) is 0 Å². The summed E-state index contributed by atoms with van der Waals surface area (Å²) in [5.41, 5.74) is 0. The van der Waals surface area contributed by atoms with Gasteiger partial charge in [-0.1, -0.05) is 0 Å². The molecule has 2 saturated heterocycles. The van der Waals surface area contributed by atoms with Gasteiger partial charge in [0.2, 0.25) is 5.91 Å². The topological polar surface area (TPSA) is 32.8 Å². The van der Waals surface area contributed by atoms with E-state index in [9.17, 15) is 18.0 Å². The predicted molar refractivity (Wildman–Crippen MR) is 78.9 cm³/mol. The fourth-order valence-electron chi connectivity index (χ4n) is 3.74. The number of alkyl halides is 3. The molecule has 0 bridgehead atoms. The summed E-state index contributed by atoms with van der Waals surface area (Å²) in [6.45, 7) is 1.32. The van der Waals surface area contributed by atoms with E-state index in [0.717, 1.165) is 18.0 Å². The van der Waals surface area contributed by atoms with Crippen molar-refractivity contribution < 1.29 is 22.7 Å². The van der Waals surface area contributed by atoms with Crippen molar-refractivity contribution in [3.8, 4) is 0 Å². The van der Waals surface area contributed by atoms with Crippen molar-refractivity contribution in [1.82, 2.24) is 9.80 Å². The third-order valence-corrected chi connectivity index (χ3v) is 5.15. The summed E-state index contributed by atoms with van der Waals surface area (Å²) >= 11 is 0. The van der Waals surface area contributed by atoms with Gasteiger partial charge < -0.3 is 14.5 Å². The van der Waals surface area contributed by atoms with Crippen LogP contribution in [-0.2, 0) is 9.53 Å². The number of nitrogens with zero attached hydrogens (tertiary/aromatic N) is 2. The van der Waals surface area contributed by atoms with Crippen LogP contribution in [0.1, 0.15) is 38.5 Å². The molecule has 0 radical (unpaired) electrons. The standard InChI is InChI=1S/C16H25F3N2O2/c17-16(18,19)11-21(14-2-1-9-23-10-14)15(22)12-5-7-20(8-6-12)13-3-4-13/h12-14H,1-11H2. The number of amides is 1. The fraction of sp³-hybridized carbons (Fsp3) is 0.938. The van der Waals surface area contributed by atoms with Crippen LogP contribution in [-0.4, -0.2) is 66.8 Å². The first kappa shape index (κ1) is 17.0. The van der Waals surface area contributed by atoms with Gasteiger partial charge in [-0.15, -0.1) is 0 Å². The van der Waals surface area contributed by atoms with E-state index < -0.39 is 18.8 Å². The largest absolute Gasteiger partial charge is 0.406 e. The molecule has 0 spiro atoms. The second-order valence-corrected chi connectivity index (χ2v) is 6.99. The minimum absolute atomic E-state index is 0.225. The first-order valence-electron chi connectivity index (χ1n) is 8.63. The molecule has 3 aliphatic rings. The number of hydrogen-bond acceptors (Lipinski definition) is 3. The Bertz CT molecular complexity index is 412. The number of likely N-dealkylation sites (tertiary alicyclic amines) is 1. The molecule has 4 nitrogen and oxygen atoms in total. The lowest BCUT2D eigenvalue weighted by atomic mass is 9.94. The molecule has 0 aromatic carbocycles. The Kier molecular flexibility index (Phi) is 5.16. The molecule has 3 fully saturated rings. The van der Waals surface area contributed by atoms with Gasteiger partial charge in [0.1, 0.15) is 6.54 Å². The second-order valence-electron chi connectivity index (χ2n) is 6.99. The maximum absolute atomic E-state index is 12.9. The zero-order chi connectivity index (χ0) is 16.4. The average molecular weight is 334 g/mol. The van der Waals surface area contributed by atoms with Crippen LogP contribution in [0.3, 0.4) is 0 Å². The van der Waals surface area contributed by atoms with E-state index in [4.69, 9.17) is 4.74 Å². The molecule has 2 aliphatic heterocycles. The highest BCUT2D eigenvalue weighted by Crippen LogP contribution is 2.32. The Morgan fingerprint density at radius 2 is 1.83 bits per heavy atom. The normalized spacial score (nSPS) is 27.9.